The highest BCUT2D eigenvalue weighted by molar-refractivity contribution is 5.69. The lowest BCUT2D eigenvalue weighted by Crippen LogP contribution is -2.18. The van der Waals surface area contributed by atoms with Gasteiger partial charge in [0.1, 0.15) is 6.10 Å². The van der Waals surface area contributed by atoms with Crippen molar-refractivity contribution in [2.24, 2.45) is 0 Å². The molecule has 0 saturated carbocycles. The van der Waals surface area contributed by atoms with Gasteiger partial charge in [-0.25, -0.2) is 0 Å². The maximum absolute atomic E-state index is 12.4. The molecule has 0 aliphatic heterocycles. The Morgan fingerprint density at radius 3 is 1.63 bits per heavy atom. The van der Waals surface area contributed by atoms with Crippen LogP contribution in [-0.2, 0) is 14.3 Å². The minimum atomic E-state index is -0.689. The van der Waals surface area contributed by atoms with Gasteiger partial charge in [-0.1, -0.05) is 109 Å². The van der Waals surface area contributed by atoms with Gasteiger partial charge >= 0.3 is 11.9 Å². The van der Waals surface area contributed by atoms with Crippen LogP contribution in [0.15, 0.2) is 12.2 Å². The highest BCUT2D eigenvalue weighted by atomic mass is 16.5. The molecule has 206 valence electrons. The first-order valence-corrected chi connectivity index (χ1v) is 15.2. The molecule has 35 heavy (non-hydrogen) atoms. The molecule has 0 rings (SSSR count). The lowest BCUT2D eigenvalue weighted by molar-refractivity contribution is -0.150. The van der Waals surface area contributed by atoms with Gasteiger partial charge in [-0.2, -0.15) is 0 Å². The average Bonchev–Trinajstić information content (AvgIpc) is 2.83. The molecule has 1 unspecified atom stereocenters. The average molecular weight is 495 g/mol. The molecule has 0 fully saturated rings. The zero-order valence-corrected chi connectivity index (χ0v) is 23.4. The summed E-state index contributed by atoms with van der Waals surface area (Å²) in [6.07, 6.45) is 30.9. The van der Waals surface area contributed by atoms with E-state index >= 15 is 0 Å². The molecule has 0 amide bonds. The van der Waals surface area contributed by atoms with E-state index in [4.69, 9.17) is 9.84 Å². The molecule has 0 saturated heterocycles. The Morgan fingerprint density at radius 1 is 0.600 bits per heavy atom. The van der Waals surface area contributed by atoms with Gasteiger partial charge < -0.3 is 9.84 Å². The molecule has 0 heterocycles. The maximum Gasteiger partial charge on any atom is 0.306 e. The SMILES string of the molecule is CCCC/C=C\CCCCCCCC(=O)OC(CCCCCC)CCCCCCCCCC(=O)O. The number of esters is 1. The number of ether oxygens (including phenoxy) is 1. The molecule has 0 aliphatic rings. The van der Waals surface area contributed by atoms with Crippen LogP contribution in [0, 0.1) is 0 Å². The van der Waals surface area contributed by atoms with Gasteiger partial charge in [0.2, 0.25) is 0 Å². The van der Waals surface area contributed by atoms with Crippen LogP contribution in [0.25, 0.3) is 0 Å². The van der Waals surface area contributed by atoms with Gasteiger partial charge in [-0.3, -0.25) is 9.59 Å². The summed E-state index contributed by atoms with van der Waals surface area (Å²) in [5, 5.41) is 8.68. The number of carbonyl (C=O) groups excluding carboxylic acids is 1. The van der Waals surface area contributed by atoms with Crippen molar-refractivity contribution < 1.29 is 19.4 Å². The van der Waals surface area contributed by atoms with E-state index in [1.807, 2.05) is 0 Å². The normalized spacial score (nSPS) is 12.3. The van der Waals surface area contributed by atoms with E-state index in [-0.39, 0.29) is 12.1 Å². The summed E-state index contributed by atoms with van der Waals surface area (Å²) >= 11 is 0. The van der Waals surface area contributed by atoms with Crippen LogP contribution in [0.3, 0.4) is 0 Å². The number of allylic oxidation sites excluding steroid dienone is 2. The van der Waals surface area contributed by atoms with Crippen LogP contribution in [-0.4, -0.2) is 23.1 Å². The molecule has 0 aromatic carbocycles. The molecular weight excluding hydrogens is 436 g/mol. The van der Waals surface area contributed by atoms with Crippen molar-refractivity contribution in [3.63, 3.8) is 0 Å². The van der Waals surface area contributed by atoms with E-state index < -0.39 is 5.97 Å². The second kappa shape index (κ2) is 27.3. The van der Waals surface area contributed by atoms with E-state index in [9.17, 15) is 9.59 Å². The first-order chi connectivity index (χ1) is 17.1. The lowest BCUT2D eigenvalue weighted by atomic mass is 10.0. The maximum atomic E-state index is 12.4. The Bertz CT molecular complexity index is 500. The van der Waals surface area contributed by atoms with E-state index in [1.165, 1.54) is 83.5 Å². The monoisotopic (exact) mass is 494 g/mol. The summed E-state index contributed by atoms with van der Waals surface area (Å²) in [5.74, 6) is -0.687. The lowest BCUT2D eigenvalue weighted by Gasteiger charge is -2.18. The Kier molecular flexibility index (Phi) is 26.2. The summed E-state index contributed by atoms with van der Waals surface area (Å²) in [6, 6.07) is 0. The van der Waals surface area contributed by atoms with Crippen LogP contribution < -0.4 is 0 Å². The van der Waals surface area contributed by atoms with Crippen LogP contribution in [0.2, 0.25) is 0 Å². The van der Waals surface area contributed by atoms with Crippen molar-refractivity contribution in [2.75, 3.05) is 0 Å². The molecule has 0 spiro atoms. The molecule has 1 N–H and O–H groups in total. The molecule has 0 aromatic heterocycles. The fourth-order valence-electron chi connectivity index (χ4n) is 4.46. The molecule has 1 atom stereocenters. The predicted octanol–water partition coefficient (Wildman–Crippen LogP) is 9.94. The van der Waals surface area contributed by atoms with Crippen molar-refractivity contribution in [1.29, 1.82) is 0 Å². The second-order valence-electron chi connectivity index (χ2n) is 10.3. The summed E-state index contributed by atoms with van der Waals surface area (Å²) in [4.78, 5) is 23.0. The zero-order chi connectivity index (χ0) is 25.8. The van der Waals surface area contributed by atoms with Gasteiger partial charge in [0.05, 0.1) is 0 Å². The molecule has 0 radical (unpaired) electrons. The standard InChI is InChI=1S/C31H58O4/c1-3-5-7-9-10-11-12-13-17-20-24-28-31(34)35-29(25-21-8-6-4-2)26-22-18-15-14-16-19-23-27-30(32)33/h9-10,29H,3-8,11-28H2,1-2H3,(H,32,33)/b10-9-. The Balaban J connectivity index is 3.90. The third kappa shape index (κ3) is 27.1. The quantitative estimate of drug-likeness (QED) is 0.0701. The van der Waals surface area contributed by atoms with Crippen molar-refractivity contribution in [3.05, 3.63) is 12.2 Å². The smallest absolute Gasteiger partial charge is 0.306 e. The summed E-state index contributed by atoms with van der Waals surface area (Å²) in [5.41, 5.74) is 0. The number of unbranched alkanes of at least 4 members (excludes halogenated alkanes) is 16. The van der Waals surface area contributed by atoms with E-state index in [0.717, 1.165) is 57.8 Å². The van der Waals surface area contributed by atoms with Crippen LogP contribution in [0.5, 0.6) is 0 Å². The molecular formula is C31H58O4. The molecule has 0 bridgehead atoms. The fourth-order valence-corrected chi connectivity index (χ4v) is 4.46. The van der Waals surface area contributed by atoms with Crippen molar-refractivity contribution in [3.8, 4) is 0 Å². The highest BCUT2D eigenvalue weighted by Gasteiger charge is 2.14. The first-order valence-electron chi connectivity index (χ1n) is 15.2. The van der Waals surface area contributed by atoms with Crippen molar-refractivity contribution in [1.82, 2.24) is 0 Å². The Hall–Kier alpha value is -1.32. The summed E-state index contributed by atoms with van der Waals surface area (Å²) in [7, 11) is 0. The molecule has 0 aliphatic carbocycles. The van der Waals surface area contributed by atoms with Gasteiger partial charge in [0, 0.05) is 12.8 Å². The van der Waals surface area contributed by atoms with Gasteiger partial charge in [0.25, 0.3) is 0 Å². The van der Waals surface area contributed by atoms with Gasteiger partial charge in [-0.05, 0) is 57.8 Å². The van der Waals surface area contributed by atoms with Crippen LogP contribution in [0.4, 0.5) is 0 Å². The van der Waals surface area contributed by atoms with Gasteiger partial charge in [-0.15, -0.1) is 0 Å². The number of carbonyl (C=O) groups is 2. The minimum absolute atomic E-state index is 0.00257. The second-order valence-corrected chi connectivity index (χ2v) is 10.3. The fraction of sp³-hybridized carbons (Fsp3) is 0.871. The number of aliphatic carboxylic acids is 1. The largest absolute Gasteiger partial charge is 0.481 e. The number of carboxylic acids is 1. The van der Waals surface area contributed by atoms with E-state index in [0.29, 0.717) is 12.8 Å². The van der Waals surface area contributed by atoms with Gasteiger partial charge in [0.15, 0.2) is 0 Å². The minimum Gasteiger partial charge on any atom is -0.481 e. The topological polar surface area (TPSA) is 63.6 Å². The Labute approximate surface area is 217 Å². The number of carboxylic acid groups (broad SMARTS) is 1. The zero-order valence-electron chi connectivity index (χ0n) is 23.4. The first kappa shape index (κ1) is 33.7. The third-order valence-corrected chi connectivity index (χ3v) is 6.74. The highest BCUT2D eigenvalue weighted by Crippen LogP contribution is 2.18. The summed E-state index contributed by atoms with van der Waals surface area (Å²) < 4.78 is 5.90. The van der Waals surface area contributed by atoms with Crippen LogP contribution in [0.1, 0.15) is 168 Å². The van der Waals surface area contributed by atoms with Crippen molar-refractivity contribution in [2.45, 2.75) is 174 Å². The van der Waals surface area contributed by atoms with Crippen molar-refractivity contribution >= 4 is 11.9 Å². The third-order valence-electron chi connectivity index (χ3n) is 6.74. The summed E-state index contributed by atoms with van der Waals surface area (Å²) in [6.45, 7) is 4.46. The molecule has 0 aromatic rings. The van der Waals surface area contributed by atoms with Crippen LogP contribution >= 0.6 is 0 Å². The number of rotatable bonds is 27. The number of hydrogen-bond donors (Lipinski definition) is 1. The molecule has 4 nitrogen and oxygen atoms in total. The Morgan fingerprint density at radius 2 is 1.06 bits per heavy atom. The molecule has 4 heteroatoms. The van der Waals surface area contributed by atoms with E-state index in [1.54, 1.807) is 0 Å². The predicted molar refractivity (Wildman–Crippen MR) is 149 cm³/mol. The number of hydrogen-bond acceptors (Lipinski definition) is 3. The van der Waals surface area contributed by atoms with E-state index in [2.05, 4.69) is 26.0 Å².